The average molecular weight is 262 g/mol. The number of thioether (sulfide) groups is 1. The van der Waals surface area contributed by atoms with E-state index < -0.39 is 12.6 Å². The van der Waals surface area contributed by atoms with Crippen molar-refractivity contribution in [2.45, 2.75) is 17.5 Å². The summed E-state index contributed by atoms with van der Waals surface area (Å²) in [4.78, 5) is 2.77. The number of rotatable bonds is 2. The molecule has 1 aliphatic heterocycles. The van der Waals surface area contributed by atoms with E-state index in [2.05, 4.69) is 0 Å². The molecule has 6 heteroatoms. The van der Waals surface area contributed by atoms with Crippen molar-refractivity contribution in [3.8, 4) is 0 Å². The largest absolute Gasteiger partial charge is 0.399 e. The molecule has 1 heterocycles. The van der Waals surface area contributed by atoms with E-state index in [0.717, 1.165) is 16.3 Å². The van der Waals surface area contributed by atoms with Crippen LogP contribution in [0.3, 0.4) is 0 Å². The zero-order valence-electron chi connectivity index (χ0n) is 9.13. The maximum atomic E-state index is 12.2. The summed E-state index contributed by atoms with van der Waals surface area (Å²) >= 11 is 1.66. The zero-order valence-corrected chi connectivity index (χ0v) is 9.94. The van der Waals surface area contributed by atoms with Gasteiger partial charge in [0, 0.05) is 29.4 Å². The van der Waals surface area contributed by atoms with Crippen LogP contribution in [0.5, 0.6) is 0 Å². The summed E-state index contributed by atoms with van der Waals surface area (Å²) in [5, 5.41) is 0. The Bertz CT molecular complexity index is 406. The maximum absolute atomic E-state index is 12.2. The Kier molecular flexibility index (Phi) is 3.42. The third-order valence-electron chi connectivity index (χ3n) is 2.61. The van der Waals surface area contributed by atoms with Gasteiger partial charge in [-0.2, -0.15) is 13.2 Å². The minimum atomic E-state index is -4.11. The zero-order chi connectivity index (χ0) is 12.5. The Labute approximate surface area is 102 Å². The minimum Gasteiger partial charge on any atom is -0.399 e. The second-order valence-corrected chi connectivity index (χ2v) is 5.06. The van der Waals surface area contributed by atoms with E-state index in [1.807, 2.05) is 6.07 Å². The number of nitrogens with zero attached hydrogens (tertiary/aromatic N) is 1. The van der Waals surface area contributed by atoms with E-state index in [4.69, 9.17) is 5.73 Å². The second-order valence-electron chi connectivity index (χ2n) is 3.93. The van der Waals surface area contributed by atoms with Crippen LogP contribution in [-0.2, 0) is 0 Å². The number of hydrogen-bond acceptors (Lipinski definition) is 3. The molecule has 2 N–H and O–H groups in total. The molecule has 2 rings (SSSR count). The first kappa shape index (κ1) is 12.4. The van der Waals surface area contributed by atoms with E-state index in [9.17, 15) is 13.2 Å². The Hall–Kier alpha value is -1.04. The van der Waals surface area contributed by atoms with Crippen LogP contribution in [0.1, 0.15) is 6.42 Å². The van der Waals surface area contributed by atoms with Crippen LogP contribution in [0.15, 0.2) is 23.1 Å². The van der Waals surface area contributed by atoms with Crippen molar-refractivity contribution in [3.05, 3.63) is 18.2 Å². The molecule has 1 aliphatic rings. The molecule has 0 spiro atoms. The SMILES string of the molecule is Nc1ccc2c(c1)N(CCC(F)(F)F)CCS2. The molecule has 1 aromatic carbocycles. The maximum Gasteiger partial charge on any atom is 0.390 e. The molecule has 0 amide bonds. The van der Waals surface area contributed by atoms with Crippen LogP contribution in [0.25, 0.3) is 0 Å². The van der Waals surface area contributed by atoms with Gasteiger partial charge < -0.3 is 10.6 Å². The first-order valence-electron chi connectivity index (χ1n) is 5.30. The smallest absolute Gasteiger partial charge is 0.390 e. The normalized spacial score (nSPS) is 15.8. The Morgan fingerprint density at radius 2 is 2.12 bits per heavy atom. The number of halogens is 3. The van der Waals surface area contributed by atoms with Gasteiger partial charge in [-0.3, -0.25) is 0 Å². The molecule has 17 heavy (non-hydrogen) atoms. The summed E-state index contributed by atoms with van der Waals surface area (Å²) in [6.45, 7) is 0.637. The number of nitrogen functional groups attached to an aromatic ring is 1. The molecule has 94 valence electrons. The summed E-state index contributed by atoms with van der Waals surface area (Å²) in [5.74, 6) is 0.814. The fourth-order valence-corrected chi connectivity index (χ4v) is 2.82. The first-order chi connectivity index (χ1) is 7.96. The van der Waals surface area contributed by atoms with Crippen molar-refractivity contribution in [3.63, 3.8) is 0 Å². The van der Waals surface area contributed by atoms with Crippen molar-refractivity contribution in [1.29, 1.82) is 0 Å². The van der Waals surface area contributed by atoms with Gasteiger partial charge in [-0.15, -0.1) is 11.8 Å². The van der Waals surface area contributed by atoms with Gasteiger partial charge in [0.25, 0.3) is 0 Å². The Morgan fingerprint density at radius 3 is 2.82 bits per heavy atom. The van der Waals surface area contributed by atoms with E-state index in [0.29, 0.717) is 12.2 Å². The van der Waals surface area contributed by atoms with Crippen molar-refractivity contribution in [2.24, 2.45) is 0 Å². The lowest BCUT2D eigenvalue weighted by Crippen LogP contribution is -2.32. The van der Waals surface area contributed by atoms with Gasteiger partial charge in [-0.1, -0.05) is 0 Å². The molecule has 0 fully saturated rings. The number of benzene rings is 1. The van der Waals surface area contributed by atoms with Gasteiger partial charge in [0.1, 0.15) is 0 Å². The monoisotopic (exact) mass is 262 g/mol. The summed E-state index contributed by atoms with van der Waals surface area (Å²) in [7, 11) is 0. The predicted molar refractivity (Wildman–Crippen MR) is 64.5 cm³/mol. The summed E-state index contributed by atoms with van der Waals surface area (Å²) in [6.07, 6.45) is -4.89. The Morgan fingerprint density at radius 1 is 1.35 bits per heavy atom. The molecule has 0 saturated carbocycles. The van der Waals surface area contributed by atoms with Gasteiger partial charge >= 0.3 is 6.18 Å². The highest BCUT2D eigenvalue weighted by molar-refractivity contribution is 7.99. The molecule has 0 aliphatic carbocycles. The standard InChI is InChI=1S/C11H13F3N2S/c12-11(13,14)3-4-16-5-6-17-10-2-1-8(15)7-9(10)16/h1-2,7H,3-6,15H2. The molecular formula is C11H13F3N2S. The van der Waals surface area contributed by atoms with E-state index in [-0.39, 0.29) is 6.54 Å². The van der Waals surface area contributed by atoms with Gasteiger partial charge in [-0.25, -0.2) is 0 Å². The number of alkyl halides is 3. The molecule has 2 nitrogen and oxygen atoms in total. The summed E-state index contributed by atoms with van der Waals surface area (Å²) in [5.41, 5.74) is 7.08. The van der Waals surface area contributed by atoms with Gasteiger partial charge in [0.05, 0.1) is 12.1 Å². The predicted octanol–water partition coefficient (Wildman–Crippen LogP) is 3.13. The average Bonchev–Trinajstić information content (AvgIpc) is 2.25. The number of hydrogen-bond donors (Lipinski definition) is 1. The molecule has 0 radical (unpaired) electrons. The summed E-state index contributed by atoms with van der Waals surface area (Å²) < 4.78 is 36.6. The number of anilines is 2. The van der Waals surface area contributed by atoms with E-state index in [1.165, 1.54) is 0 Å². The molecular weight excluding hydrogens is 249 g/mol. The minimum absolute atomic E-state index is 0.000509. The van der Waals surface area contributed by atoms with Crippen molar-refractivity contribution >= 4 is 23.1 Å². The molecule has 0 bridgehead atoms. The highest BCUT2D eigenvalue weighted by Crippen LogP contribution is 2.36. The lowest BCUT2D eigenvalue weighted by atomic mass is 10.2. The van der Waals surface area contributed by atoms with Crippen molar-refractivity contribution < 1.29 is 13.2 Å². The van der Waals surface area contributed by atoms with Crippen molar-refractivity contribution in [2.75, 3.05) is 29.5 Å². The van der Waals surface area contributed by atoms with Crippen LogP contribution in [-0.4, -0.2) is 25.0 Å². The van der Waals surface area contributed by atoms with Crippen molar-refractivity contribution in [1.82, 2.24) is 0 Å². The number of fused-ring (bicyclic) bond motifs is 1. The fourth-order valence-electron chi connectivity index (χ4n) is 1.78. The van der Waals surface area contributed by atoms with Crippen LogP contribution in [0.4, 0.5) is 24.5 Å². The molecule has 0 atom stereocenters. The molecule has 0 aromatic heterocycles. The highest BCUT2D eigenvalue weighted by atomic mass is 32.2. The third-order valence-corrected chi connectivity index (χ3v) is 3.65. The van der Waals surface area contributed by atoms with Gasteiger partial charge in [0.2, 0.25) is 0 Å². The van der Waals surface area contributed by atoms with Crippen LogP contribution in [0.2, 0.25) is 0 Å². The fraction of sp³-hybridized carbons (Fsp3) is 0.455. The lowest BCUT2D eigenvalue weighted by Gasteiger charge is -2.31. The summed E-state index contributed by atoms with van der Waals surface area (Å²) in [6, 6.07) is 5.39. The van der Waals surface area contributed by atoms with Gasteiger partial charge in [-0.05, 0) is 18.2 Å². The lowest BCUT2D eigenvalue weighted by molar-refractivity contribution is -0.132. The number of nitrogens with two attached hydrogens (primary N) is 1. The van der Waals surface area contributed by atoms with E-state index >= 15 is 0 Å². The Balaban J connectivity index is 2.14. The highest BCUT2D eigenvalue weighted by Gasteiger charge is 2.29. The molecule has 0 saturated heterocycles. The quantitative estimate of drug-likeness (QED) is 0.830. The molecule has 0 unspecified atom stereocenters. The van der Waals surface area contributed by atoms with Gasteiger partial charge in [0.15, 0.2) is 0 Å². The topological polar surface area (TPSA) is 29.3 Å². The first-order valence-corrected chi connectivity index (χ1v) is 6.28. The van der Waals surface area contributed by atoms with Crippen LogP contribution in [0, 0.1) is 0 Å². The van der Waals surface area contributed by atoms with Crippen LogP contribution < -0.4 is 10.6 Å². The van der Waals surface area contributed by atoms with E-state index in [1.54, 1.807) is 28.8 Å². The second kappa shape index (κ2) is 4.68. The third kappa shape index (κ3) is 3.21. The molecule has 1 aromatic rings. The van der Waals surface area contributed by atoms with Crippen LogP contribution >= 0.6 is 11.8 Å².